The fourth-order valence-corrected chi connectivity index (χ4v) is 1.80. The number of nitrogens with zero attached hydrogens (tertiary/aromatic N) is 2. The summed E-state index contributed by atoms with van der Waals surface area (Å²) in [7, 11) is 0. The summed E-state index contributed by atoms with van der Waals surface area (Å²) in [5.41, 5.74) is 3.51. The van der Waals surface area contributed by atoms with Crippen molar-refractivity contribution < 1.29 is 4.39 Å². The summed E-state index contributed by atoms with van der Waals surface area (Å²) < 4.78 is 13.0. The molecule has 3 N–H and O–H groups in total. The lowest BCUT2D eigenvalue weighted by Crippen LogP contribution is -2.01. The van der Waals surface area contributed by atoms with E-state index in [1.54, 1.807) is 12.3 Å². The molecule has 0 aliphatic heterocycles. The second kappa shape index (κ2) is 4.14. The summed E-state index contributed by atoms with van der Waals surface area (Å²) in [5.74, 6) is 0.347. The lowest BCUT2D eigenvalue weighted by molar-refractivity contribution is 0.629. The van der Waals surface area contributed by atoms with Crippen molar-refractivity contribution in [3.05, 3.63) is 41.5 Å². The maximum absolute atomic E-state index is 13.0. The number of anilines is 1. The van der Waals surface area contributed by atoms with E-state index in [4.69, 9.17) is 0 Å². The van der Waals surface area contributed by atoms with Crippen LogP contribution in [-0.2, 0) is 6.54 Å². The van der Waals surface area contributed by atoms with E-state index in [0.717, 1.165) is 16.8 Å². The molecule has 0 spiro atoms. The van der Waals surface area contributed by atoms with E-state index in [2.05, 4.69) is 25.5 Å². The second-order valence-corrected chi connectivity index (χ2v) is 4.12. The molecule has 5 nitrogen and oxygen atoms in total. The average Bonchev–Trinajstić information content (AvgIpc) is 2.92. The summed E-state index contributed by atoms with van der Waals surface area (Å²) in [4.78, 5) is 7.34. The van der Waals surface area contributed by atoms with Crippen molar-refractivity contribution in [2.45, 2.75) is 13.5 Å². The van der Waals surface area contributed by atoms with Crippen LogP contribution in [0.3, 0.4) is 0 Å². The number of nitrogens with one attached hydrogen (secondary N) is 3. The number of halogens is 1. The van der Waals surface area contributed by atoms with Gasteiger partial charge in [0, 0.05) is 17.8 Å². The van der Waals surface area contributed by atoms with Gasteiger partial charge in [0.25, 0.3) is 0 Å². The maximum Gasteiger partial charge on any atom is 0.201 e. The van der Waals surface area contributed by atoms with Crippen molar-refractivity contribution in [2.24, 2.45) is 0 Å². The largest absolute Gasteiger partial charge is 0.352 e. The van der Waals surface area contributed by atoms with Crippen molar-refractivity contribution >= 4 is 17.0 Å². The van der Waals surface area contributed by atoms with E-state index in [-0.39, 0.29) is 5.82 Å². The normalized spacial score (nSPS) is 11.0. The number of hydrogen-bond acceptors (Lipinski definition) is 3. The van der Waals surface area contributed by atoms with Crippen LogP contribution >= 0.6 is 0 Å². The number of H-pyrrole nitrogens is 2. The molecule has 0 atom stereocenters. The van der Waals surface area contributed by atoms with Gasteiger partial charge in [-0.2, -0.15) is 5.10 Å². The Balaban J connectivity index is 1.81. The Hall–Kier alpha value is -2.37. The standard InChI is InChI=1S/C12H12FN5/c1-7-8(6-15-18-7)5-14-12-16-10-3-2-9(13)4-11(10)17-12/h2-4,6H,5H2,1H3,(H,15,18)(H2,14,16,17). The highest BCUT2D eigenvalue weighted by molar-refractivity contribution is 5.77. The minimum atomic E-state index is -0.275. The maximum atomic E-state index is 13.0. The number of rotatable bonds is 3. The number of imidazole rings is 1. The van der Waals surface area contributed by atoms with E-state index in [9.17, 15) is 4.39 Å². The zero-order valence-electron chi connectivity index (χ0n) is 9.79. The molecule has 0 saturated heterocycles. The average molecular weight is 245 g/mol. The molecular weight excluding hydrogens is 233 g/mol. The van der Waals surface area contributed by atoms with Gasteiger partial charge in [-0.25, -0.2) is 9.37 Å². The summed E-state index contributed by atoms with van der Waals surface area (Å²) in [6.45, 7) is 2.57. The van der Waals surface area contributed by atoms with Gasteiger partial charge in [0.15, 0.2) is 0 Å². The Kier molecular flexibility index (Phi) is 2.47. The topological polar surface area (TPSA) is 69.4 Å². The first-order valence-electron chi connectivity index (χ1n) is 5.60. The van der Waals surface area contributed by atoms with Crippen molar-refractivity contribution in [3.8, 4) is 0 Å². The highest BCUT2D eigenvalue weighted by Gasteiger charge is 2.05. The Morgan fingerprint density at radius 2 is 2.28 bits per heavy atom. The second-order valence-electron chi connectivity index (χ2n) is 4.12. The lowest BCUT2D eigenvalue weighted by Gasteiger charge is -2.00. The quantitative estimate of drug-likeness (QED) is 0.663. The van der Waals surface area contributed by atoms with Gasteiger partial charge in [0.2, 0.25) is 5.95 Å². The first kappa shape index (κ1) is 10.8. The van der Waals surface area contributed by atoms with Gasteiger partial charge in [-0.1, -0.05) is 0 Å². The van der Waals surface area contributed by atoms with Crippen LogP contribution in [0.2, 0.25) is 0 Å². The molecular formula is C12H12FN5. The predicted octanol–water partition coefficient (Wildman–Crippen LogP) is 2.35. The van der Waals surface area contributed by atoms with E-state index >= 15 is 0 Å². The van der Waals surface area contributed by atoms with E-state index in [1.807, 2.05) is 6.92 Å². The lowest BCUT2D eigenvalue weighted by atomic mass is 10.3. The van der Waals surface area contributed by atoms with Gasteiger partial charge in [0.05, 0.1) is 17.2 Å². The molecule has 1 aromatic carbocycles. The zero-order chi connectivity index (χ0) is 12.5. The van der Waals surface area contributed by atoms with Crippen molar-refractivity contribution in [1.29, 1.82) is 0 Å². The monoisotopic (exact) mass is 245 g/mol. The van der Waals surface area contributed by atoms with Gasteiger partial charge < -0.3 is 10.3 Å². The third kappa shape index (κ3) is 1.92. The minimum absolute atomic E-state index is 0.275. The van der Waals surface area contributed by atoms with Crippen molar-refractivity contribution in [1.82, 2.24) is 20.2 Å². The SMILES string of the molecule is Cc1[nH]ncc1CNc1nc2ccc(F)cc2[nH]1. The van der Waals surface area contributed by atoms with Crippen LogP contribution in [0, 0.1) is 12.7 Å². The molecule has 2 aromatic heterocycles. The Bertz CT molecular complexity index is 685. The highest BCUT2D eigenvalue weighted by Crippen LogP contribution is 2.16. The molecule has 3 aromatic rings. The summed E-state index contributed by atoms with van der Waals surface area (Å²) in [6.07, 6.45) is 1.77. The van der Waals surface area contributed by atoms with Crippen LogP contribution < -0.4 is 5.32 Å². The molecule has 92 valence electrons. The molecule has 0 amide bonds. The van der Waals surface area contributed by atoms with Crippen LogP contribution in [-0.4, -0.2) is 20.2 Å². The number of aryl methyl sites for hydroxylation is 1. The molecule has 2 heterocycles. The molecule has 0 aliphatic carbocycles. The number of benzene rings is 1. The number of aromatic nitrogens is 4. The molecule has 18 heavy (non-hydrogen) atoms. The zero-order valence-corrected chi connectivity index (χ0v) is 9.79. The smallest absolute Gasteiger partial charge is 0.201 e. The van der Waals surface area contributed by atoms with Crippen LogP contribution in [0.25, 0.3) is 11.0 Å². The molecule has 0 saturated carbocycles. The number of hydrogen-bond donors (Lipinski definition) is 3. The van der Waals surface area contributed by atoms with Gasteiger partial charge in [-0.3, -0.25) is 5.10 Å². The van der Waals surface area contributed by atoms with Gasteiger partial charge >= 0.3 is 0 Å². The van der Waals surface area contributed by atoms with Crippen LogP contribution in [0.1, 0.15) is 11.3 Å². The molecule has 6 heteroatoms. The first-order chi connectivity index (χ1) is 8.72. The Morgan fingerprint density at radius 1 is 1.39 bits per heavy atom. The fraction of sp³-hybridized carbons (Fsp3) is 0.167. The third-order valence-corrected chi connectivity index (χ3v) is 2.82. The van der Waals surface area contributed by atoms with E-state index < -0.39 is 0 Å². The predicted molar refractivity (Wildman–Crippen MR) is 66.7 cm³/mol. The minimum Gasteiger partial charge on any atom is -0.352 e. The molecule has 0 radical (unpaired) electrons. The summed E-state index contributed by atoms with van der Waals surface area (Å²) in [6, 6.07) is 4.47. The molecule has 0 bridgehead atoms. The molecule has 0 unspecified atom stereocenters. The highest BCUT2D eigenvalue weighted by atomic mass is 19.1. The molecule has 0 aliphatic rings. The van der Waals surface area contributed by atoms with Crippen LogP contribution in [0.4, 0.5) is 10.3 Å². The van der Waals surface area contributed by atoms with Crippen LogP contribution in [0.15, 0.2) is 24.4 Å². The number of aromatic amines is 2. The third-order valence-electron chi connectivity index (χ3n) is 2.82. The summed E-state index contributed by atoms with van der Waals surface area (Å²) >= 11 is 0. The van der Waals surface area contributed by atoms with Crippen LogP contribution in [0.5, 0.6) is 0 Å². The Labute approximate surface area is 102 Å². The van der Waals surface area contributed by atoms with E-state index in [1.165, 1.54) is 12.1 Å². The molecule has 0 fully saturated rings. The van der Waals surface area contributed by atoms with Crippen molar-refractivity contribution in [3.63, 3.8) is 0 Å². The van der Waals surface area contributed by atoms with Crippen molar-refractivity contribution in [2.75, 3.05) is 5.32 Å². The van der Waals surface area contributed by atoms with Gasteiger partial charge in [0.1, 0.15) is 5.82 Å². The summed E-state index contributed by atoms with van der Waals surface area (Å²) in [5, 5.41) is 9.96. The van der Waals surface area contributed by atoms with Gasteiger partial charge in [-0.15, -0.1) is 0 Å². The molecule has 3 rings (SSSR count). The van der Waals surface area contributed by atoms with Gasteiger partial charge in [-0.05, 0) is 25.1 Å². The Morgan fingerprint density at radius 3 is 3.06 bits per heavy atom. The first-order valence-corrected chi connectivity index (χ1v) is 5.60. The fourth-order valence-electron chi connectivity index (χ4n) is 1.80. The number of fused-ring (bicyclic) bond motifs is 1. The van der Waals surface area contributed by atoms with E-state index in [0.29, 0.717) is 18.0 Å².